The number of nitrogens with one attached hydrogen (secondary N) is 3. The highest BCUT2D eigenvalue weighted by Gasteiger charge is 2.34. The number of ether oxygens (including phenoxy) is 3. The van der Waals surface area contributed by atoms with Crippen LogP contribution in [0.4, 0.5) is 5.69 Å². The summed E-state index contributed by atoms with van der Waals surface area (Å²) in [7, 11) is 0. The number of carbonyl (C=O) groups excluding carboxylic acids is 9. The third-order valence-electron chi connectivity index (χ3n) is 11.5. The van der Waals surface area contributed by atoms with Crippen LogP contribution in [0.1, 0.15) is 182 Å². The molecular weight excluding hydrogens is 909 g/mol. The summed E-state index contributed by atoms with van der Waals surface area (Å²) in [6.45, 7) is 8.58. The first kappa shape index (κ1) is 58.2. The van der Waals surface area contributed by atoms with Crippen LogP contribution in [0.25, 0.3) is 0 Å². The zero-order valence-corrected chi connectivity index (χ0v) is 42.1. The molecule has 1 aromatic carbocycles. The van der Waals surface area contributed by atoms with Gasteiger partial charge >= 0.3 is 23.9 Å². The minimum Gasteiger partial charge on any atom is -0.475 e. The van der Waals surface area contributed by atoms with Gasteiger partial charge in [0.2, 0.25) is 23.6 Å². The number of benzene rings is 1. The van der Waals surface area contributed by atoms with Crippen LogP contribution in [0.2, 0.25) is 0 Å². The molecule has 1 aromatic rings. The van der Waals surface area contributed by atoms with Crippen LogP contribution >= 0.6 is 0 Å². The molecule has 0 aliphatic carbocycles. The number of anilines is 1. The SMILES string of the molecule is CCCCCCCCCCCCCCCC(=O)N(CCCC[C@H](NC(=O)[C@@H]1COC(c2ccc(NC(C)=O)cc2OC(C)=O)=N1)C(=O)O[C@H](C)CC(=O)N[C@H]1CCCCN(OC(C)=O)C1=O)OC(C)=O. The number of rotatable bonds is 30. The smallest absolute Gasteiger partial charge is 0.329 e. The number of hydroxylamine groups is 4. The van der Waals surface area contributed by atoms with Gasteiger partial charge in [0.1, 0.15) is 30.5 Å². The van der Waals surface area contributed by atoms with Crippen LogP contribution in [0, 0.1) is 0 Å². The van der Waals surface area contributed by atoms with E-state index in [4.69, 9.17) is 23.9 Å². The van der Waals surface area contributed by atoms with Crippen molar-refractivity contribution in [1.29, 1.82) is 0 Å². The number of amides is 5. The van der Waals surface area contributed by atoms with E-state index in [-0.39, 0.29) is 80.8 Å². The second-order valence-corrected chi connectivity index (χ2v) is 18.0. The molecule has 3 N–H and O–H groups in total. The number of carbonyl (C=O) groups is 9. The van der Waals surface area contributed by atoms with E-state index in [9.17, 15) is 43.2 Å². The van der Waals surface area contributed by atoms with Gasteiger partial charge in [-0.05, 0) is 64.0 Å². The summed E-state index contributed by atoms with van der Waals surface area (Å²) in [5.41, 5.74) is 0.570. The second kappa shape index (κ2) is 31.9. The summed E-state index contributed by atoms with van der Waals surface area (Å²) < 4.78 is 16.8. The summed E-state index contributed by atoms with van der Waals surface area (Å²) in [6.07, 6.45) is 15.9. The van der Waals surface area contributed by atoms with Gasteiger partial charge < -0.3 is 39.8 Å². The molecule has 0 saturated carbocycles. The fraction of sp³-hybridized carbons (Fsp3) is 0.680. The third-order valence-corrected chi connectivity index (χ3v) is 11.5. The van der Waals surface area contributed by atoms with E-state index in [1.807, 2.05) is 0 Å². The lowest BCUT2D eigenvalue weighted by Crippen LogP contribution is -2.49. The first-order valence-electron chi connectivity index (χ1n) is 25.1. The van der Waals surface area contributed by atoms with Gasteiger partial charge in [-0.1, -0.05) is 84.0 Å². The lowest BCUT2D eigenvalue weighted by atomic mass is 10.0. The summed E-state index contributed by atoms with van der Waals surface area (Å²) in [6, 6.07) is 1.07. The highest BCUT2D eigenvalue weighted by molar-refractivity contribution is 6.02. The Morgan fingerprint density at radius 2 is 1.49 bits per heavy atom. The van der Waals surface area contributed by atoms with Crippen molar-refractivity contribution in [2.24, 2.45) is 4.99 Å². The van der Waals surface area contributed by atoms with Crippen molar-refractivity contribution >= 4 is 65.0 Å². The van der Waals surface area contributed by atoms with Gasteiger partial charge in [0.15, 0.2) is 6.04 Å². The minimum atomic E-state index is -1.27. The molecule has 2 heterocycles. The van der Waals surface area contributed by atoms with Crippen molar-refractivity contribution in [3.8, 4) is 5.75 Å². The molecule has 0 radical (unpaired) electrons. The number of hydrogen-bond donors (Lipinski definition) is 3. The molecule has 20 nitrogen and oxygen atoms in total. The maximum absolute atomic E-state index is 13.8. The van der Waals surface area contributed by atoms with Crippen molar-refractivity contribution < 1.29 is 67.0 Å². The van der Waals surface area contributed by atoms with Gasteiger partial charge in [0.25, 0.3) is 11.8 Å². The zero-order chi connectivity index (χ0) is 51.4. The van der Waals surface area contributed by atoms with Crippen LogP contribution in [0.15, 0.2) is 23.2 Å². The Kier molecular flexibility index (Phi) is 26.6. The second-order valence-electron chi connectivity index (χ2n) is 18.0. The topological polar surface area (TPSA) is 255 Å². The number of hydrogen-bond acceptors (Lipinski definition) is 15. The Labute approximate surface area is 411 Å². The minimum absolute atomic E-state index is 0.0123. The standard InChI is InChI=1S/C50H76N6O14/c1-7-8-9-10-11-12-13-14-15-16-17-18-19-26-46(62)55(69-37(5)59)29-22-21-25-42(50(65)67-34(2)31-45(61)52-41-24-20-23-30-56(49(41)64)70-38(6)60)53-47(63)43-33-66-48(54-43)40-28-27-39(51-35(3)57)32-44(40)68-36(4)58/h27-28,32,34,41-43H,7-26,29-31,33H2,1-6H3,(H,51,57)(H,52,61)(H,53,63)/t34-,41+,42+,43+/m1/s1. The molecule has 2 aliphatic rings. The number of aliphatic imine (C=N–C) groups is 1. The van der Waals surface area contributed by atoms with E-state index < -0.39 is 65.8 Å². The molecule has 1 saturated heterocycles. The van der Waals surface area contributed by atoms with Crippen molar-refractivity contribution in [2.45, 2.75) is 201 Å². The monoisotopic (exact) mass is 985 g/mol. The molecule has 0 spiro atoms. The summed E-state index contributed by atoms with van der Waals surface area (Å²) in [4.78, 5) is 129. The summed E-state index contributed by atoms with van der Waals surface area (Å²) in [5, 5.41) is 9.90. The summed E-state index contributed by atoms with van der Waals surface area (Å²) in [5.74, 6) is -5.42. The van der Waals surface area contributed by atoms with Crippen LogP contribution in [-0.4, -0.2) is 113 Å². The van der Waals surface area contributed by atoms with Crippen molar-refractivity contribution in [3.63, 3.8) is 0 Å². The lowest BCUT2D eigenvalue weighted by Gasteiger charge is -2.24. The first-order valence-corrected chi connectivity index (χ1v) is 25.1. The molecule has 4 atom stereocenters. The first-order chi connectivity index (χ1) is 33.5. The molecule has 0 unspecified atom stereocenters. The normalized spacial score (nSPS) is 16.3. The van der Waals surface area contributed by atoms with Crippen molar-refractivity contribution in [2.75, 3.05) is 25.0 Å². The van der Waals surface area contributed by atoms with Gasteiger partial charge in [0.05, 0.1) is 25.1 Å². The van der Waals surface area contributed by atoms with Gasteiger partial charge in [-0.15, -0.1) is 0 Å². The molecule has 0 bridgehead atoms. The highest BCUT2D eigenvalue weighted by atomic mass is 16.7. The van der Waals surface area contributed by atoms with Crippen molar-refractivity contribution in [1.82, 2.24) is 20.8 Å². The van der Waals surface area contributed by atoms with E-state index in [1.165, 1.54) is 105 Å². The highest BCUT2D eigenvalue weighted by Crippen LogP contribution is 2.27. The fourth-order valence-electron chi connectivity index (χ4n) is 8.02. The largest absolute Gasteiger partial charge is 0.475 e. The molecule has 5 amide bonds. The molecule has 20 heteroatoms. The molecule has 1 fully saturated rings. The van der Waals surface area contributed by atoms with E-state index in [2.05, 4.69) is 27.9 Å². The van der Waals surface area contributed by atoms with Gasteiger partial charge in [-0.25, -0.2) is 9.79 Å². The Hall–Kier alpha value is -6.08. The van der Waals surface area contributed by atoms with E-state index in [0.717, 1.165) is 29.4 Å². The van der Waals surface area contributed by atoms with Crippen LogP contribution < -0.4 is 20.7 Å². The predicted octanol–water partition coefficient (Wildman–Crippen LogP) is 6.46. The maximum atomic E-state index is 13.8. The van der Waals surface area contributed by atoms with Gasteiger partial charge in [-0.3, -0.25) is 38.4 Å². The Balaban J connectivity index is 1.64. The number of esters is 2. The number of unbranched alkanes of at least 4 members (excludes halogenated alkanes) is 13. The molecule has 0 aromatic heterocycles. The molecular formula is C50H76N6O14. The van der Waals surface area contributed by atoms with Gasteiger partial charge in [0, 0.05) is 45.9 Å². The Morgan fingerprint density at radius 1 is 0.829 bits per heavy atom. The average Bonchev–Trinajstić information content (AvgIpc) is 3.72. The molecule has 70 heavy (non-hydrogen) atoms. The third kappa shape index (κ3) is 22.6. The van der Waals surface area contributed by atoms with E-state index >= 15 is 0 Å². The summed E-state index contributed by atoms with van der Waals surface area (Å²) >= 11 is 0. The van der Waals surface area contributed by atoms with Crippen molar-refractivity contribution in [3.05, 3.63) is 23.8 Å². The van der Waals surface area contributed by atoms with Crippen LogP contribution in [0.3, 0.4) is 0 Å². The van der Waals surface area contributed by atoms with Gasteiger partial charge in [-0.2, -0.15) is 10.1 Å². The molecule has 2 aliphatic heterocycles. The Bertz CT molecular complexity index is 1960. The fourth-order valence-corrected chi connectivity index (χ4v) is 8.02. The average molecular weight is 985 g/mol. The Morgan fingerprint density at radius 3 is 2.10 bits per heavy atom. The maximum Gasteiger partial charge on any atom is 0.329 e. The quantitative estimate of drug-likeness (QED) is 0.0324. The van der Waals surface area contributed by atoms with Crippen LogP contribution in [-0.2, 0) is 62.3 Å². The van der Waals surface area contributed by atoms with Crippen LogP contribution in [0.5, 0.6) is 5.75 Å². The lowest BCUT2D eigenvalue weighted by molar-refractivity contribution is -0.196. The molecule has 3 rings (SSSR count). The zero-order valence-electron chi connectivity index (χ0n) is 42.1. The van der Waals surface area contributed by atoms with E-state index in [0.29, 0.717) is 31.4 Å². The molecule has 390 valence electrons. The van der Waals surface area contributed by atoms with E-state index in [1.54, 1.807) is 6.07 Å². The number of nitrogens with zero attached hydrogens (tertiary/aromatic N) is 3. The predicted molar refractivity (Wildman–Crippen MR) is 257 cm³/mol.